The summed E-state index contributed by atoms with van der Waals surface area (Å²) in [5.74, 6) is 2.79. The van der Waals surface area contributed by atoms with Crippen molar-refractivity contribution in [2.75, 3.05) is 13.2 Å². The fraction of sp³-hybridized carbons (Fsp3) is 0.875. The van der Waals surface area contributed by atoms with E-state index in [0.29, 0.717) is 36.9 Å². The number of hydrogen-bond acceptors (Lipinski definition) is 3. The highest BCUT2D eigenvalue weighted by atomic mass is 79.9. The highest BCUT2D eigenvalue weighted by molar-refractivity contribution is 9.10. The van der Waals surface area contributed by atoms with Crippen molar-refractivity contribution in [3.8, 4) is 0 Å². The molecule has 0 radical (unpaired) electrons. The van der Waals surface area contributed by atoms with Crippen molar-refractivity contribution in [3.05, 3.63) is 24.3 Å². The lowest BCUT2D eigenvalue weighted by Crippen LogP contribution is -2.40. The Morgan fingerprint density at radius 2 is 0.789 bits per heavy atom. The molecule has 0 aromatic heterocycles. The predicted octanol–water partition coefficient (Wildman–Crippen LogP) is 11.4. The number of rotatable bonds is 12. The van der Waals surface area contributed by atoms with Crippen LogP contribution in [-0.4, -0.2) is 21.9 Å². The van der Waals surface area contributed by atoms with Gasteiger partial charge in [-0.1, -0.05) is 133 Å². The van der Waals surface area contributed by atoms with E-state index in [-0.39, 0.29) is 8.65 Å². The van der Waals surface area contributed by atoms with E-state index in [2.05, 4.69) is 56.2 Å². The molecule has 4 saturated carbocycles. The second-order valence-corrected chi connectivity index (χ2v) is 16.3. The fourth-order valence-corrected chi connectivity index (χ4v) is 10.8. The first-order valence-electron chi connectivity index (χ1n) is 16.0. The van der Waals surface area contributed by atoms with E-state index in [1.165, 1.54) is 128 Å². The smallest absolute Gasteiger partial charge is 0.115 e. The molecule has 0 bridgehead atoms. The van der Waals surface area contributed by atoms with Gasteiger partial charge >= 0.3 is 8.25 Å². The van der Waals surface area contributed by atoms with Crippen LogP contribution in [0.4, 0.5) is 0 Å². The minimum Gasteiger partial charge on any atom is -0.115 e. The molecular weight excluding hydrogens is 623 g/mol. The van der Waals surface area contributed by atoms with Gasteiger partial charge in [0.1, 0.15) is 13.2 Å². The Bertz CT molecular complexity index is 663. The van der Waals surface area contributed by atoms with Crippen LogP contribution >= 0.6 is 40.1 Å². The van der Waals surface area contributed by atoms with E-state index in [9.17, 15) is 4.57 Å². The number of alkyl halides is 2. The van der Waals surface area contributed by atoms with Gasteiger partial charge in [0.15, 0.2) is 0 Å². The highest BCUT2D eigenvalue weighted by Crippen LogP contribution is 2.50. The van der Waals surface area contributed by atoms with Crippen molar-refractivity contribution in [2.45, 2.75) is 137 Å². The predicted molar refractivity (Wildman–Crippen MR) is 167 cm³/mol. The van der Waals surface area contributed by atoms with Crippen molar-refractivity contribution in [1.29, 1.82) is 0 Å². The molecule has 0 aliphatic heterocycles. The van der Waals surface area contributed by atoms with Crippen molar-refractivity contribution in [1.82, 2.24) is 0 Å². The Labute approximate surface area is 250 Å². The zero-order chi connectivity index (χ0) is 26.7. The topological polar surface area (TPSA) is 35.5 Å². The normalized spacial score (nSPS) is 24.9. The first-order valence-corrected chi connectivity index (χ1v) is 18.7. The van der Waals surface area contributed by atoms with Crippen LogP contribution in [-0.2, 0) is 13.6 Å². The van der Waals surface area contributed by atoms with Gasteiger partial charge < -0.3 is 0 Å². The van der Waals surface area contributed by atoms with Crippen LogP contribution in [0.1, 0.15) is 128 Å². The Balaban J connectivity index is 1.26. The van der Waals surface area contributed by atoms with Gasteiger partial charge in [0.2, 0.25) is 0 Å². The van der Waals surface area contributed by atoms with Gasteiger partial charge in [0, 0.05) is 13.2 Å². The van der Waals surface area contributed by atoms with E-state index in [0.717, 1.165) is 0 Å². The first-order chi connectivity index (χ1) is 18.5. The van der Waals surface area contributed by atoms with E-state index in [4.69, 9.17) is 9.05 Å². The molecule has 0 heterocycles. The first kappa shape index (κ1) is 31.4. The molecule has 38 heavy (non-hydrogen) atoms. The van der Waals surface area contributed by atoms with Crippen LogP contribution in [0.5, 0.6) is 0 Å². The summed E-state index contributed by atoms with van der Waals surface area (Å²) in [6, 6.07) is 0. The quantitative estimate of drug-likeness (QED) is 0.117. The summed E-state index contributed by atoms with van der Waals surface area (Å²) in [4.78, 5) is 0. The number of halogens is 2. The fourth-order valence-electron chi connectivity index (χ4n) is 8.09. The maximum absolute atomic E-state index is 12.5. The Hall–Kier alpha value is 0.460. The SMILES string of the molecule is O=[P+](OCC=CC(Br)(C1CCCCC1)C1CCCCC1)OCC=CC(Br)(C1CCCCC1)C1CCCCC1. The molecule has 0 amide bonds. The van der Waals surface area contributed by atoms with Gasteiger partial charge in [0.05, 0.1) is 0 Å². The van der Waals surface area contributed by atoms with Crippen molar-refractivity contribution < 1.29 is 13.6 Å². The summed E-state index contributed by atoms with van der Waals surface area (Å²) >= 11 is 8.50. The third-order valence-corrected chi connectivity index (χ3v) is 14.1. The molecule has 0 spiro atoms. The standard InChI is InChI=1S/C32H52Br2O3P/c33-31(27-15-5-1-6-16-27,28-17-7-2-8-18-28)23-13-25-36-38(35)37-26-14-24-32(34,29-19-9-3-10-20-29)30-21-11-4-12-22-30/h13-14,23-24,27-30H,1-12,15-22,25-26H2/q+1. The molecule has 0 saturated heterocycles. The summed E-state index contributed by atoms with van der Waals surface area (Å²) in [5, 5.41) is 0. The molecule has 4 aliphatic rings. The van der Waals surface area contributed by atoms with Gasteiger partial charge in [-0.3, -0.25) is 0 Å². The zero-order valence-corrected chi connectivity index (χ0v) is 27.7. The summed E-state index contributed by atoms with van der Waals surface area (Å²) in [6.07, 6.45) is 35.7. The van der Waals surface area contributed by atoms with E-state index < -0.39 is 8.25 Å². The lowest BCUT2D eigenvalue weighted by molar-refractivity contribution is 0.211. The average molecular weight is 676 g/mol. The lowest BCUT2D eigenvalue weighted by atomic mass is 9.69. The molecule has 0 N–H and O–H groups in total. The summed E-state index contributed by atoms with van der Waals surface area (Å²) in [5.41, 5.74) is 0. The molecule has 0 atom stereocenters. The molecule has 0 unspecified atom stereocenters. The molecule has 3 nitrogen and oxygen atoms in total. The largest absolute Gasteiger partial charge is 0.698 e. The Kier molecular flexibility index (Phi) is 13.4. The summed E-state index contributed by atoms with van der Waals surface area (Å²) < 4.78 is 23.9. The second kappa shape index (κ2) is 16.2. The van der Waals surface area contributed by atoms with Crippen molar-refractivity contribution in [3.63, 3.8) is 0 Å². The molecule has 216 valence electrons. The number of hydrogen-bond donors (Lipinski definition) is 0. The van der Waals surface area contributed by atoms with E-state index in [1.807, 2.05) is 0 Å². The second-order valence-electron chi connectivity index (χ2n) is 12.6. The van der Waals surface area contributed by atoms with Crippen molar-refractivity contribution >= 4 is 40.1 Å². The van der Waals surface area contributed by atoms with Crippen LogP contribution in [0.25, 0.3) is 0 Å². The maximum Gasteiger partial charge on any atom is 0.698 e. The van der Waals surface area contributed by atoms with Crippen LogP contribution in [0, 0.1) is 23.7 Å². The van der Waals surface area contributed by atoms with Gasteiger partial charge in [-0.2, -0.15) is 0 Å². The van der Waals surface area contributed by atoms with Gasteiger partial charge in [-0.15, -0.1) is 9.05 Å². The van der Waals surface area contributed by atoms with Crippen LogP contribution in [0.2, 0.25) is 0 Å². The Morgan fingerprint density at radius 3 is 1.05 bits per heavy atom. The molecule has 4 rings (SSSR count). The van der Waals surface area contributed by atoms with Crippen LogP contribution in [0.15, 0.2) is 24.3 Å². The molecule has 4 fully saturated rings. The lowest BCUT2D eigenvalue weighted by Gasteiger charge is -2.43. The van der Waals surface area contributed by atoms with Crippen molar-refractivity contribution in [2.24, 2.45) is 23.7 Å². The van der Waals surface area contributed by atoms with Gasteiger partial charge in [-0.25, -0.2) is 0 Å². The van der Waals surface area contributed by atoms with E-state index in [1.54, 1.807) is 0 Å². The third kappa shape index (κ3) is 8.73. The minimum absolute atomic E-state index is 0.0594. The molecule has 0 aromatic carbocycles. The monoisotopic (exact) mass is 673 g/mol. The zero-order valence-electron chi connectivity index (χ0n) is 23.6. The maximum atomic E-state index is 12.5. The third-order valence-electron chi connectivity index (χ3n) is 10.2. The van der Waals surface area contributed by atoms with Gasteiger partial charge in [0.25, 0.3) is 0 Å². The molecule has 6 heteroatoms. The van der Waals surface area contributed by atoms with Crippen LogP contribution in [0.3, 0.4) is 0 Å². The minimum atomic E-state index is -2.12. The Morgan fingerprint density at radius 1 is 0.526 bits per heavy atom. The summed E-state index contributed by atoms with van der Waals surface area (Å²) in [6.45, 7) is 0.691. The van der Waals surface area contributed by atoms with Gasteiger partial charge in [-0.05, 0) is 75.0 Å². The molecule has 0 aromatic rings. The van der Waals surface area contributed by atoms with Crippen LogP contribution < -0.4 is 0 Å². The van der Waals surface area contributed by atoms with E-state index >= 15 is 0 Å². The highest BCUT2D eigenvalue weighted by Gasteiger charge is 2.43. The molecule has 4 aliphatic carbocycles. The summed E-state index contributed by atoms with van der Waals surface area (Å²) in [7, 11) is -2.12. The molecular formula is C32H52Br2O3P+. The average Bonchev–Trinajstić information content (AvgIpc) is 2.99. The number of allylic oxidation sites excluding steroid dienone is 2.